The summed E-state index contributed by atoms with van der Waals surface area (Å²) in [4.78, 5) is 0.0450. The molecule has 0 aromatic heterocycles. The Balaban J connectivity index is 2.40. The van der Waals surface area contributed by atoms with E-state index < -0.39 is 21.4 Å². The zero-order chi connectivity index (χ0) is 15.5. The van der Waals surface area contributed by atoms with Gasteiger partial charge in [0.2, 0.25) is 0 Å². The fourth-order valence-corrected chi connectivity index (χ4v) is 3.24. The second-order valence-corrected chi connectivity index (χ2v) is 6.32. The molecule has 2 aromatic rings. The molecule has 0 fully saturated rings. The van der Waals surface area contributed by atoms with E-state index in [4.69, 9.17) is 10.00 Å². The van der Waals surface area contributed by atoms with Crippen LogP contribution in [0.2, 0.25) is 0 Å². The average Bonchev–Trinajstić information content (AvgIpc) is 2.49. The summed E-state index contributed by atoms with van der Waals surface area (Å²) in [7, 11) is -2.29. The van der Waals surface area contributed by atoms with Crippen LogP contribution in [-0.4, -0.2) is 15.5 Å². The third-order valence-corrected chi connectivity index (χ3v) is 4.61. The standard InChI is InChI=1S/C15H12FNO3S/c1-20-13-6-3-7-14(8-13)21(18,19)10-12-5-2-4-11(9-17)15(12)16/h2-8H,10H2,1H3. The molecule has 0 amide bonds. The highest BCUT2D eigenvalue weighted by molar-refractivity contribution is 7.90. The Bertz CT molecular complexity index is 810. The van der Waals surface area contributed by atoms with Crippen molar-refractivity contribution in [3.05, 3.63) is 59.4 Å². The Morgan fingerprint density at radius 1 is 1.24 bits per heavy atom. The number of rotatable bonds is 4. The molecule has 21 heavy (non-hydrogen) atoms. The lowest BCUT2D eigenvalue weighted by Crippen LogP contribution is -2.07. The second-order valence-electron chi connectivity index (χ2n) is 4.33. The van der Waals surface area contributed by atoms with Crippen LogP contribution in [0.25, 0.3) is 0 Å². The summed E-state index contributed by atoms with van der Waals surface area (Å²) in [6.45, 7) is 0. The summed E-state index contributed by atoms with van der Waals surface area (Å²) in [6.07, 6.45) is 0. The average molecular weight is 305 g/mol. The van der Waals surface area contributed by atoms with Crippen LogP contribution < -0.4 is 4.74 Å². The monoisotopic (exact) mass is 305 g/mol. The predicted molar refractivity (Wildman–Crippen MR) is 75.0 cm³/mol. The highest BCUT2D eigenvalue weighted by atomic mass is 32.2. The highest BCUT2D eigenvalue weighted by Crippen LogP contribution is 2.23. The lowest BCUT2D eigenvalue weighted by Gasteiger charge is -2.08. The van der Waals surface area contributed by atoms with Crippen LogP contribution >= 0.6 is 0 Å². The van der Waals surface area contributed by atoms with Gasteiger partial charge in [0.15, 0.2) is 9.84 Å². The topological polar surface area (TPSA) is 67.2 Å². The van der Waals surface area contributed by atoms with E-state index in [0.717, 1.165) is 0 Å². The van der Waals surface area contributed by atoms with Gasteiger partial charge in [0.25, 0.3) is 0 Å². The molecule has 6 heteroatoms. The zero-order valence-corrected chi connectivity index (χ0v) is 12.0. The molecule has 4 nitrogen and oxygen atoms in total. The lowest BCUT2D eigenvalue weighted by molar-refractivity contribution is 0.413. The van der Waals surface area contributed by atoms with Crippen molar-refractivity contribution >= 4 is 9.84 Å². The lowest BCUT2D eigenvalue weighted by atomic mass is 10.1. The minimum Gasteiger partial charge on any atom is -0.497 e. The Labute approximate surface area is 122 Å². The van der Waals surface area contributed by atoms with Crippen LogP contribution in [0.1, 0.15) is 11.1 Å². The third kappa shape index (κ3) is 3.20. The summed E-state index contributed by atoms with van der Waals surface area (Å²) in [5.74, 6) is -0.907. The summed E-state index contributed by atoms with van der Waals surface area (Å²) < 4.78 is 43.6. The molecule has 2 aromatic carbocycles. The van der Waals surface area contributed by atoms with Crippen LogP contribution in [0.4, 0.5) is 4.39 Å². The van der Waals surface area contributed by atoms with E-state index in [0.29, 0.717) is 5.75 Å². The fourth-order valence-electron chi connectivity index (χ4n) is 1.86. The van der Waals surface area contributed by atoms with Crippen LogP contribution in [0, 0.1) is 17.1 Å². The van der Waals surface area contributed by atoms with Crippen LogP contribution in [0.3, 0.4) is 0 Å². The first kappa shape index (κ1) is 15.0. The molecular weight excluding hydrogens is 293 g/mol. The van der Waals surface area contributed by atoms with Gasteiger partial charge in [0.05, 0.1) is 23.3 Å². The van der Waals surface area contributed by atoms with E-state index in [1.165, 1.54) is 37.4 Å². The number of sulfone groups is 1. The van der Waals surface area contributed by atoms with Crippen molar-refractivity contribution < 1.29 is 17.5 Å². The molecule has 108 valence electrons. The van der Waals surface area contributed by atoms with E-state index in [2.05, 4.69) is 0 Å². The van der Waals surface area contributed by atoms with E-state index in [1.807, 2.05) is 0 Å². The normalized spacial score (nSPS) is 10.9. The van der Waals surface area contributed by atoms with Crippen molar-refractivity contribution in [3.63, 3.8) is 0 Å². The number of hydrogen-bond donors (Lipinski definition) is 0. The third-order valence-electron chi connectivity index (χ3n) is 2.94. The van der Waals surface area contributed by atoms with Gasteiger partial charge in [-0.3, -0.25) is 0 Å². The van der Waals surface area contributed by atoms with Gasteiger partial charge >= 0.3 is 0 Å². The van der Waals surface area contributed by atoms with Gasteiger partial charge in [-0.05, 0) is 24.3 Å². The molecule has 0 heterocycles. The summed E-state index contributed by atoms with van der Waals surface area (Å²) in [6, 6.07) is 11.8. The van der Waals surface area contributed by atoms with Crippen molar-refractivity contribution in [1.29, 1.82) is 5.26 Å². The summed E-state index contributed by atoms with van der Waals surface area (Å²) in [5, 5.41) is 8.77. The number of nitrogens with zero attached hydrogens (tertiary/aromatic N) is 1. The molecule has 0 aliphatic heterocycles. The molecule has 0 aliphatic carbocycles. The fraction of sp³-hybridized carbons (Fsp3) is 0.133. The number of hydrogen-bond acceptors (Lipinski definition) is 4. The molecule has 0 N–H and O–H groups in total. The minimum absolute atomic E-state index is 0.0307. The van der Waals surface area contributed by atoms with Gasteiger partial charge in [-0.25, -0.2) is 12.8 Å². The molecule has 0 spiro atoms. The Morgan fingerprint density at radius 2 is 1.95 bits per heavy atom. The molecule has 0 unspecified atom stereocenters. The van der Waals surface area contributed by atoms with Crippen molar-refractivity contribution in [1.82, 2.24) is 0 Å². The Hall–Kier alpha value is -2.39. The molecule has 0 saturated heterocycles. The van der Waals surface area contributed by atoms with Gasteiger partial charge < -0.3 is 4.74 Å². The molecule has 0 bridgehead atoms. The number of nitriles is 1. The molecule has 0 aliphatic rings. The first-order chi connectivity index (χ1) is 9.97. The molecule has 0 saturated carbocycles. The quantitative estimate of drug-likeness (QED) is 0.871. The van der Waals surface area contributed by atoms with Crippen molar-refractivity contribution in [2.75, 3.05) is 7.11 Å². The van der Waals surface area contributed by atoms with Crippen molar-refractivity contribution in [2.45, 2.75) is 10.6 Å². The maximum Gasteiger partial charge on any atom is 0.182 e. The Kier molecular flexibility index (Phi) is 4.24. The van der Waals surface area contributed by atoms with Gasteiger partial charge in [0.1, 0.15) is 17.6 Å². The van der Waals surface area contributed by atoms with Gasteiger partial charge in [-0.1, -0.05) is 18.2 Å². The van der Waals surface area contributed by atoms with Gasteiger partial charge in [-0.15, -0.1) is 0 Å². The predicted octanol–water partition coefficient (Wildman–Crippen LogP) is 2.68. The van der Waals surface area contributed by atoms with Crippen LogP contribution in [0.15, 0.2) is 47.4 Å². The molecule has 0 radical (unpaired) electrons. The highest BCUT2D eigenvalue weighted by Gasteiger charge is 2.19. The number of halogens is 1. The van der Waals surface area contributed by atoms with E-state index in [9.17, 15) is 12.8 Å². The minimum atomic E-state index is -3.72. The van der Waals surface area contributed by atoms with Crippen molar-refractivity contribution in [2.24, 2.45) is 0 Å². The smallest absolute Gasteiger partial charge is 0.182 e. The SMILES string of the molecule is COc1cccc(S(=O)(=O)Cc2cccc(C#N)c2F)c1. The van der Waals surface area contributed by atoms with Crippen molar-refractivity contribution in [3.8, 4) is 11.8 Å². The first-order valence-corrected chi connectivity index (χ1v) is 7.67. The van der Waals surface area contributed by atoms with E-state index >= 15 is 0 Å². The van der Waals surface area contributed by atoms with E-state index in [-0.39, 0.29) is 16.0 Å². The number of benzene rings is 2. The first-order valence-electron chi connectivity index (χ1n) is 6.02. The molecular formula is C15H12FNO3S. The molecule has 2 rings (SSSR count). The van der Waals surface area contributed by atoms with Crippen LogP contribution in [-0.2, 0) is 15.6 Å². The summed E-state index contributed by atoms with van der Waals surface area (Å²) in [5.41, 5.74) is -0.204. The van der Waals surface area contributed by atoms with E-state index in [1.54, 1.807) is 18.2 Å². The van der Waals surface area contributed by atoms with Gasteiger partial charge in [-0.2, -0.15) is 5.26 Å². The zero-order valence-electron chi connectivity index (χ0n) is 11.2. The Morgan fingerprint density at radius 3 is 2.62 bits per heavy atom. The summed E-state index contributed by atoms with van der Waals surface area (Å²) >= 11 is 0. The maximum absolute atomic E-state index is 14.0. The maximum atomic E-state index is 14.0. The molecule has 0 atom stereocenters. The van der Waals surface area contributed by atoms with Crippen LogP contribution in [0.5, 0.6) is 5.75 Å². The van der Waals surface area contributed by atoms with Gasteiger partial charge in [0, 0.05) is 5.56 Å². The number of ether oxygens (including phenoxy) is 1. The largest absolute Gasteiger partial charge is 0.497 e. The second kappa shape index (κ2) is 5.94. The number of methoxy groups -OCH3 is 1.